The van der Waals surface area contributed by atoms with Crippen LogP contribution in [-0.4, -0.2) is 36.1 Å². The van der Waals surface area contributed by atoms with E-state index in [1.807, 2.05) is 25.1 Å². The highest BCUT2D eigenvalue weighted by molar-refractivity contribution is 7.24. The minimum absolute atomic E-state index is 0.0703. The number of rotatable bonds is 6. The van der Waals surface area contributed by atoms with Crippen molar-refractivity contribution in [3.8, 4) is 0 Å². The summed E-state index contributed by atoms with van der Waals surface area (Å²) in [6.45, 7) is 10.3. The Kier molecular flexibility index (Phi) is 5.11. The molecule has 0 unspecified atom stereocenters. The lowest BCUT2D eigenvalue weighted by Gasteiger charge is -2.19. The van der Waals surface area contributed by atoms with Crippen molar-refractivity contribution in [2.24, 2.45) is 0 Å². The molecule has 0 atom stereocenters. The molecular formula is C19H23N3OS. The molecule has 1 aromatic carbocycles. The van der Waals surface area contributed by atoms with E-state index >= 15 is 0 Å². The lowest BCUT2D eigenvalue weighted by molar-refractivity contribution is 0.316. The molecule has 0 spiro atoms. The predicted octanol–water partition coefficient (Wildman–Crippen LogP) is 3.87. The highest BCUT2D eigenvalue weighted by Gasteiger charge is 2.12. The van der Waals surface area contributed by atoms with Crippen molar-refractivity contribution < 1.29 is 0 Å². The number of fused-ring (bicyclic) bond motifs is 2. The molecule has 2 aromatic heterocycles. The molecule has 3 aromatic rings. The number of pyridine rings is 1. The van der Waals surface area contributed by atoms with Gasteiger partial charge in [0.25, 0.3) is 0 Å². The van der Waals surface area contributed by atoms with Gasteiger partial charge in [-0.3, -0.25) is 4.79 Å². The van der Waals surface area contributed by atoms with Crippen molar-refractivity contribution in [2.45, 2.75) is 20.8 Å². The summed E-state index contributed by atoms with van der Waals surface area (Å²) in [5.74, 6) is 0. The third-order valence-electron chi connectivity index (χ3n) is 4.43. The monoisotopic (exact) mass is 341 g/mol. The summed E-state index contributed by atoms with van der Waals surface area (Å²) in [7, 11) is 0. The number of benzene rings is 1. The highest BCUT2D eigenvalue weighted by Crippen LogP contribution is 2.30. The summed E-state index contributed by atoms with van der Waals surface area (Å²) < 4.78 is 1.03. The van der Waals surface area contributed by atoms with E-state index in [-0.39, 0.29) is 5.43 Å². The van der Waals surface area contributed by atoms with Crippen LogP contribution < -0.4 is 10.7 Å². The molecule has 0 saturated carbocycles. The SMILES string of the molecule is CCN(CC)CCNc1ccc(C)c2sc3ncccc3c(=O)c12. The Bertz CT molecular complexity index is 916. The molecule has 0 saturated heterocycles. The average molecular weight is 341 g/mol. The fourth-order valence-electron chi connectivity index (χ4n) is 2.96. The maximum atomic E-state index is 13.0. The van der Waals surface area contributed by atoms with Gasteiger partial charge < -0.3 is 10.2 Å². The van der Waals surface area contributed by atoms with Crippen molar-refractivity contribution in [2.75, 3.05) is 31.5 Å². The smallest absolute Gasteiger partial charge is 0.199 e. The minimum Gasteiger partial charge on any atom is -0.383 e. The van der Waals surface area contributed by atoms with Crippen LogP contribution in [0.15, 0.2) is 35.3 Å². The number of aryl methyl sites for hydroxylation is 1. The molecule has 3 rings (SSSR count). The molecule has 0 aliphatic carbocycles. The first kappa shape index (κ1) is 16.9. The Hall–Kier alpha value is -1.98. The molecule has 0 amide bonds. The molecule has 0 radical (unpaired) electrons. The normalized spacial score (nSPS) is 11.5. The fourth-order valence-corrected chi connectivity index (χ4v) is 4.07. The van der Waals surface area contributed by atoms with Gasteiger partial charge in [-0.2, -0.15) is 0 Å². The van der Waals surface area contributed by atoms with Gasteiger partial charge in [-0.25, -0.2) is 4.98 Å². The number of hydrogen-bond donors (Lipinski definition) is 1. The van der Waals surface area contributed by atoms with E-state index in [0.717, 1.165) is 52.3 Å². The molecule has 126 valence electrons. The van der Waals surface area contributed by atoms with Gasteiger partial charge in [-0.05, 0) is 43.8 Å². The van der Waals surface area contributed by atoms with Gasteiger partial charge in [0.2, 0.25) is 0 Å². The van der Waals surface area contributed by atoms with Crippen LogP contribution in [0, 0.1) is 6.92 Å². The first-order valence-corrected chi connectivity index (χ1v) is 9.24. The summed E-state index contributed by atoms with van der Waals surface area (Å²) in [6, 6.07) is 7.79. The summed E-state index contributed by atoms with van der Waals surface area (Å²) in [4.78, 5) is 20.5. The van der Waals surface area contributed by atoms with Gasteiger partial charge in [0.1, 0.15) is 4.83 Å². The van der Waals surface area contributed by atoms with Crippen LogP contribution in [0.2, 0.25) is 0 Å². The fraction of sp³-hybridized carbons (Fsp3) is 0.368. The second kappa shape index (κ2) is 7.28. The van der Waals surface area contributed by atoms with Crippen LogP contribution in [0.3, 0.4) is 0 Å². The summed E-state index contributed by atoms with van der Waals surface area (Å²) >= 11 is 1.59. The number of likely N-dealkylation sites (N-methyl/N-ethyl adjacent to an activating group) is 1. The Morgan fingerprint density at radius 1 is 1.21 bits per heavy atom. The van der Waals surface area contributed by atoms with Crippen LogP contribution in [0.4, 0.5) is 5.69 Å². The molecular weight excluding hydrogens is 318 g/mol. The van der Waals surface area contributed by atoms with Crippen molar-refractivity contribution in [1.29, 1.82) is 0 Å². The molecule has 1 N–H and O–H groups in total. The minimum atomic E-state index is 0.0703. The van der Waals surface area contributed by atoms with Crippen LogP contribution in [0.5, 0.6) is 0 Å². The van der Waals surface area contributed by atoms with E-state index in [9.17, 15) is 4.79 Å². The molecule has 0 fully saturated rings. The zero-order valence-corrected chi connectivity index (χ0v) is 15.2. The van der Waals surface area contributed by atoms with E-state index in [0.29, 0.717) is 5.39 Å². The third-order valence-corrected chi connectivity index (χ3v) is 5.68. The van der Waals surface area contributed by atoms with E-state index in [4.69, 9.17) is 0 Å². The molecule has 0 aliphatic rings. The quantitative estimate of drug-likeness (QED) is 0.691. The van der Waals surface area contributed by atoms with E-state index in [1.165, 1.54) is 0 Å². The first-order chi connectivity index (χ1) is 11.7. The van der Waals surface area contributed by atoms with Crippen molar-refractivity contribution in [1.82, 2.24) is 9.88 Å². The largest absolute Gasteiger partial charge is 0.383 e. The maximum absolute atomic E-state index is 13.0. The lowest BCUT2D eigenvalue weighted by Crippen LogP contribution is -2.28. The maximum Gasteiger partial charge on any atom is 0.199 e. The Balaban J connectivity index is 2.04. The van der Waals surface area contributed by atoms with Crippen LogP contribution >= 0.6 is 11.3 Å². The van der Waals surface area contributed by atoms with Gasteiger partial charge in [-0.15, -0.1) is 11.3 Å². The Labute approximate surface area is 146 Å². The molecule has 4 nitrogen and oxygen atoms in total. The average Bonchev–Trinajstić information content (AvgIpc) is 2.61. The summed E-state index contributed by atoms with van der Waals surface area (Å²) in [6.07, 6.45) is 1.74. The predicted molar refractivity (Wildman–Crippen MR) is 104 cm³/mol. The molecule has 0 bridgehead atoms. The number of anilines is 1. The standard InChI is InChI=1S/C19H23N3OS/c1-4-22(5-2)12-11-20-15-9-8-13(3)18-16(15)17(23)14-7-6-10-21-19(14)24-18/h6-10,20H,4-5,11-12H2,1-3H3. The molecule has 24 heavy (non-hydrogen) atoms. The van der Waals surface area contributed by atoms with Crippen molar-refractivity contribution in [3.63, 3.8) is 0 Å². The van der Waals surface area contributed by atoms with Gasteiger partial charge in [0.05, 0.1) is 10.8 Å². The molecule has 5 heteroatoms. The van der Waals surface area contributed by atoms with Crippen molar-refractivity contribution in [3.05, 3.63) is 46.2 Å². The van der Waals surface area contributed by atoms with Gasteiger partial charge in [0.15, 0.2) is 5.43 Å². The summed E-state index contributed by atoms with van der Waals surface area (Å²) in [5.41, 5.74) is 2.12. The Morgan fingerprint density at radius 3 is 2.75 bits per heavy atom. The van der Waals surface area contributed by atoms with E-state index < -0.39 is 0 Å². The Morgan fingerprint density at radius 2 is 2.00 bits per heavy atom. The van der Waals surface area contributed by atoms with Gasteiger partial charge in [0, 0.05) is 29.7 Å². The highest BCUT2D eigenvalue weighted by atomic mass is 32.1. The van der Waals surface area contributed by atoms with E-state index in [2.05, 4.69) is 35.1 Å². The number of hydrogen-bond acceptors (Lipinski definition) is 5. The van der Waals surface area contributed by atoms with Gasteiger partial charge >= 0.3 is 0 Å². The second-order valence-electron chi connectivity index (χ2n) is 5.88. The van der Waals surface area contributed by atoms with Crippen LogP contribution in [0.1, 0.15) is 19.4 Å². The van der Waals surface area contributed by atoms with Gasteiger partial charge in [-0.1, -0.05) is 19.9 Å². The molecule has 2 heterocycles. The third kappa shape index (κ3) is 3.14. The molecule has 0 aliphatic heterocycles. The summed E-state index contributed by atoms with van der Waals surface area (Å²) in [5, 5.41) is 4.96. The van der Waals surface area contributed by atoms with Crippen molar-refractivity contribution >= 4 is 37.3 Å². The first-order valence-electron chi connectivity index (χ1n) is 8.43. The zero-order valence-electron chi connectivity index (χ0n) is 14.4. The van der Waals surface area contributed by atoms with E-state index in [1.54, 1.807) is 17.5 Å². The topological polar surface area (TPSA) is 45.2 Å². The lowest BCUT2D eigenvalue weighted by atomic mass is 10.1. The zero-order chi connectivity index (χ0) is 17.1. The number of aromatic nitrogens is 1. The second-order valence-corrected chi connectivity index (χ2v) is 6.87. The van der Waals surface area contributed by atoms with Crippen LogP contribution in [-0.2, 0) is 0 Å². The number of nitrogens with one attached hydrogen (secondary N) is 1. The van der Waals surface area contributed by atoms with Crippen LogP contribution in [0.25, 0.3) is 20.3 Å². The number of nitrogens with zero attached hydrogens (tertiary/aromatic N) is 2.